The fraction of sp³-hybridized carbons (Fsp3) is 1.00. The maximum absolute atomic E-state index is 10.8. The molecule has 4 fully saturated rings. The third kappa shape index (κ3) is 6.40. The van der Waals surface area contributed by atoms with Crippen LogP contribution in [-0.4, -0.2) is 175 Å². The van der Waals surface area contributed by atoms with E-state index in [1.807, 2.05) is 0 Å². The molecule has 4 aliphatic rings. The summed E-state index contributed by atoms with van der Waals surface area (Å²) in [6.45, 7) is 2.11. The van der Waals surface area contributed by atoms with Gasteiger partial charge in [-0.3, -0.25) is 0 Å². The quantitative estimate of drug-likeness (QED) is 0.141. The first-order valence-corrected chi connectivity index (χ1v) is 12.6. The Bertz CT molecular complexity index is 792. The maximum atomic E-state index is 10.8. The van der Waals surface area contributed by atoms with Crippen molar-refractivity contribution < 1.29 is 84.2 Å². The smallest absolute Gasteiger partial charge is 0.187 e. The molecule has 10 N–H and O–H groups in total. The molecule has 0 saturated carbocycles. The van der Waals surface area contributed by atoms with E-state index in [0.29, 0.717) is 0 Å². The van der Waals surface area contributed by atoms with E-state index in [4.69, 9.17) is 33.2 Å². The van der Waals surface area contributed by atoms with E-state index in [0.717, 1.165) is 0 Å². The molecule has 4 rings (SSSR count). The number of hydrogen-bond acceptors (Lipinski definition) is 17. The third-order valence-electron chi connectivity index (χ3n) is 7.33. The number of aliphatic hydroxyl groups excluding tert-OH is 10. The molecule has 18 atom stereocenters. The van der Waals surface area contributed by atoms with E-state index in [-0.39, 0.29) is 6.61 Å². The molecule has 0 aliphatic carbocycles. The summed E-state index contributed by atoms with van der Waals surface area (Å²) < 4.78 is 37.8. The number of rotatable bonds is 6. The van der Waals surface area contributed by atoms with Crippen molar-refractivity contribution in [3.63, 3.8) is 0 Å². The molecule has 17 heteroatoms. The van der Waals surface area contributed by atoms with Gasteiger partial charge in [0.1, 0.15) is 73.2 Å². The predicted molar refractivity (Wildman–Crippen MR) is 119 cm³/mol. The number of hydrogen-bond donors (Lipinski definition) is 10. The number of ether oxygens (including phenoxy) is 7. The van der Waals surface area contributed by atoms with Crippen LogP contribution in [0.3, 0.4) is 0 Å². The molecule has 0 radical (unpaired) electrons. The Balaban J connectivity index is 1.38. The van der Waals surface area contributed by atoms with Crippen molar-refractivity contribution in [1.82, 2.24) is 0 Å². The average molecular weight is 575 g/mol. The maximum Gasteiger partial charge on any atom is 0.187 e. The van der Waals surface area contributed by atoms with Gasteiger partial charge in [-0.15, -0.1) is 0 Å². The Morgan fingerprint density at radius 3 is 1.67 bits per heavy atom. The Hall–Kier alpha value is -0.680. The molecule has 0 aromatic rings. The van der Waals surface area contributed by atoms with Gasteiger partial charge in [0, 0.05) is 0 Å². The van der Waals surface area contributed by atoms with Crippen LogP contribution in [-0.2, 0) is 33.2 Å². The Morgan fingerprint density at radius 2 is 1.00 bits per heavy atom. The van der Waals surface area contributed by atoms with Crippen LogP contribution >= 0.6 is 0 Å². The van der Waals surface area contributed by atoms with Gasteiger partial charge in [0.15, 0.2) is 25.2 Å². The van der Waals surface area contributed by atoms with Gasteiger partial charge in [-0.1, -0.05) is 0 Å². The van der Waals surface area contributed by atoms with Crippen LogP contribution in [0.15, 0.2) is 0 Å². The molecule has 39 heavy (non-hydrogen) atoms. The SMILES string of the molecule is C[C@@H]1O[C@@H](O[C@H]2[C@@H](O)[C@H](O[C@@H]3[C@@H](O)[C@@H](O)[C@H](O[C@@H]4[C@@H](O)[C@@H](O)CO[C@H]4O)O[C@H]3C)OC[C@H]2O)[C@H](O)[C@H](O)[C@H]1O. The molecule has 4 heterocycles. The minimum absolute atomic E-state index is 0.346. The summed E-state index contributed by atoms with van der Waals surface area (Å²) in [6, 6.07) is 0. The zero-order valence-electron chi connectivity index (χ0n) is 21.1. The largest absolute Gasteiger partial charge is 0.388 e. The molecule has 4 aliphatic heterocycles. The van der Waals surface area contributed by atoms with Crippen molar-refractivity contribution in [2.24, 2.45) is 0 Å². The highest BCUT2D eigenvalue weighted by atomic mass is 16.8. The first kappa shape index (κ1) is 31.3. The summed E-state index contributed by atoms with van der Waals surface area (Å²) in [7, 11) is 0. The summed E-state index contributed by atoms with van der Waals surface area (Å²) in [5, 5.41) is 102. The summed E-state index contributed by atoms with van der Waals surface area (Å²) in [5.41, 5.74) is 0. The lowest BCUT2D eigenvalue weighted by Gasteiger charge is -2.47. The molecule has 228 valence electrons. The normalized spacial score (nSPS) is 55.4. The van der Waals surface area contributed by atoms with Gasteiger partial charge >= 0.3 is 0 Å². The standard InChI is InChI=1S/C22H38O17/c1-5-9(25)11(27)13(29)21(35-5)38-17-8(24)4-34-20(15(17)31)37-16-6(2)36-22(14(30)12(16)28)39-18-10(26)7(23)3-33-19(18)32/h5-32H,3-4H2,1-2H3/t5-,6-,7-,8+,9-,10-,11+,12-,13+,14+,15+,16-,17+,18+,19+,20-,21-,22-/m0/s1. The van der Waals surface area contributed by atoms with Gasteiger partial charge in [0.25, 0.3) is 0 Å². The average Bonchev–Trinajstić information content (AvgIpc) is 2.90. The highest BCUT2D eigenvalue weighted by molar-refractivity contribution is 4.94. The van der Waals surface area contributed by atoms with E-state index in [2.05, 4.69) is 0 Å². The highest BCUT2D eigenvalue weighted by Crippen LogP contribution is 2.32. The second kappa shape index (κ2) is 12.7. The molecule has 0 amide bonds. The zero-order chi connectivity index (χ0) is 28.8. The van der Waals surface area contributed by atoms with Crippen LogP contribution < -0.4 is 0 Å². The molecule has 0 bridgehead atoms. The second-order valence-electron chi connectivity index (χ2n) is 10.2. The van der Waals surface area contributed by atoms with Crippen molar-refractivity contribution in [2.75, 3.05) is 13.2 Å². The van der Waals surface area contributed by atoms with Crippen LogP contribution in [0.2, 0.25) is 0 Å². The van der Waals surface area contributed by atoms with Crippen LogP contribution in [0.25, 0.3) is 0 Å². The first-order chi connectivity index (χ1) is 18.3. The van der Waals surface area contributed by atoms with E-state index < -0.39 is 117 Å². The topological polar surface area (TPSA) is 267 Å². The molecule has 0 spiro atoms. The first-order valence-electron chi connectivity index (χ1n) is 12.6. The van der Waals surface area contributed by atoms with Crippen LogP contribution in [0.4, 0.5) is 0 Å². The molecule has 4 saturated heterocycles. The van der Waals surface area contributed by atoms with E-state index in [1.54, 1.807) is 0 Å². The minimum atomic E-state index is -1.79. The second-order valence-corrected chi connectivity index (χ2v) is 10.2. The lowest BCUT2D eigenvalue weighted by atomic mass is 9.98. The summed E-state index contributed by atoms with van der Waals surface area (Å²) >= 11 is 0. The Labute approximate surface area is 222 Å². The zero-order valence-corrected chi connectivity index (χ0v) is 21.1. The molecule has 0 aromatic heterocycles. The van der Waals surface area contributed by atoms with Gasteiger partial charge in [-0.05, 0) is 13.8 Å². The van der Waals surface area contributed by atoms with Crippen molar-refractivity contribution in [2.45, 2.75) is 124 Å². The van der Waals surface area contributed by atoms with E-state index in [9.17, 15) is 51.1 Å². The number of aliphatic hydroxyl groups is 10. The van der Waals surface area contributed by atoms with Gasteiger partial charge in [0.05, 0.1) is 25.4 Å². The van der Waals surface area contributed by atoms with Crippen molar-refractivity contribution >= 4 is 0 Å². The Morgan fingerprint density at radius 1 is 0.462 bits per heavy atom. The van der Waals surface area contributed by atoms with Crippen LogP contribution in [0, 0.1) is 0 Å². The molecular weight excluding hydrogens is 536 g/mol. The molecule has 17 nitrogen and oxygen atoms in total. The van der Waals surface area contributed by atoms with Gasteiger partial charge < -0.3 is 84.2 Å². The van der Waals surface area contributed by atoms with E-state index >= 15 is 0 Å². The van der Waals surface area contributed by atoms with Gasteiger partial charge in [-0.25, -0.2) is 0 Å². The lowest BCUT2D eigenvalue weighted by molar-refractivity contribution is -0.376. The van der Waals surface area contributed by atoms with Crippen molar-refractivity contribution in [1.29, 1.82) is 0 Å². The highest BCUT2D eigenvalue weighted by Gasteiger charge is 2.52. The summed E-state index contributed by atoms with van der Waals surface area (Å²) in [5.74, 6) is 0. The molecule has 0 aromatic carbocycles. The lowest BCUT2D eigenvalue weighted by Crippen LogP contribution is -2.65. The third-order valence-corrected chi connectivity index (χ3v) is 7.33. The summed E-state index contributed by atoms with van der Waals surface area (Å²) in [4.78, 5) is 0. The van der Waals surface area contributed by atoms with Gasteiger partial charge in [-0.2, -0.15) is 0 Å². The van der Waals surface area contributed by atoms with Crippen LogP contribution in [0.1, 0.15) is 13.8 Å². The van der Waals surface area contributed by atoms with Crippen molar-refractivity contribution in [3.8, 4) is 0 Å². The fourth-order valence-corrected chi connectivity index (χ4v) is 4.88. The summed E-state index contributed by atoms with van der Waals surface area (Å²) in [6.07, 6.45) is -26.8. The Kier molecular flexibility index (Phi) is 10.2. The van der Waals surface area contributed by atoms with E-state index in [1.165, 1.54) is 13.8 Å². The molecular formula is C22H38O17. The predicted octanol–water partition coefficient (Wildman–Crippen LogP) is -6.42. The van der Waals surface area contributed by atoms with Crippen molar-refractivity contribution in [3.05, 3.63) is 0 Å². The van der Waals surface area contributed by atoms with Crippen LogP contribution in [0.5, 0.6) is 0 Å². The molecule has 0 unspecified atom stereocenters. The minimum Gasteiger partial charge on any atom is -0.388 e. The fourth-order valence-electron chi connectivity index (χ4n) is 4.88. The van der Waals surface area contributed by atoms with Gasteiger partial charge in [0.2, 0.25) is 0 Å². The monoisotopic (exact) mass is 574 g/mol.